The Bertz CT molecular complexity index is 816. The maximum atomic E-state index is 12.3. The van der Waals surface area contributed by atoms with Crippen LogP contribution in [0.2, 0.25) is 5.02 Å². The number of amides is 1. The molecule has 0 spiro atoms. The molecule has 0 fully saturated rings. The van der Waals surface area contributed by atoms with Gasteiger partial charge in [-0.2, -0.15) is 5.10 Å². The van der Waals surface area contributed by atoms with Gasteiger partial charge in [0, 0.05) is 12.4 Å². The summed E-state index contributed by atoms with van der Waals surface area (Å²) in [6.07, 6.45) is 6.33. The fourth-order valence-electron chi connectivity index (χ4n) is 2.01. The summed E-state index contributed by atoms with van der Waals surface area (Å²) < 4.78 is 1.54. The van der Waals surface area contributed by atoms with Gasteiger partial charge in [0.25, 0.3) is 5.91 Å². The van der Waals surface area contributed by atoms with Gasteiger partial charge in [-0.15, -0.1) is 0 Å². The number of carbonyl (C=O) groups excluding carboxylic acids is 1. The van der Waals surface area contributed by atoms with Crippen LogP contribution in [0.5, 0.6) is 0 Å². The molecule has 0 radical (unpaired) electrons. The lowest BCUT2D eigenvalue weighted by Crippen LogP contribution is -2.13. The van der Waals surface area contributed by atoms with Gasteiger partial charge in [0.2, 0.25) is 0 Å². The van der Waals surface area contributed by atoms with Crippen molar-refractivity contribution in [1.29, 1.82) is 0 Å². The molecule has 0 aliphatic carbocycles. The largest absolute Gasteiger partial charge is 0.320 e. The molecule has 0 saturated carbocycles. The van der Waals surface area contributed by atoms with E-state index >= 15 is 0 Å². The van der Waals surface area contributed by atoms with Crippen LogP contribution in [-0.2, 0) is 0 Å². The summed E-state index contributed by atoms with van der Waals surface area (Å²) in [4.78, 5) is 20.5. The van der Waals surface area contributed by atoms with Crippen LogP contribution in [-0.4, -0.2) is 25.7 Å². The first-order valence-electron chi connectivity index (χ1n) is 6.53. The second-order valence-electron chi connectivity index (χ2n) is 4.56. The summed E-state index contributed by atoms with van der Waals surface area (Å²) >= 11 is 6.12. The highest BCUT2D eigenvalue weighted by atomic mass is 35.5. The molecule has 3 aromatic heterocycles. The summed E-state index contributed by atoms with van der Waals surface area (Å²) in [5.74, 6) is 0.228. The highest BCUT2D eigenvalue weighted by Crippen LogP contribution is 2.20. The van der Waals surface area contributed by atoms with E-state index < -0.39 is 0 Å². The van der Waals surface area contributed by atoms with Crippen LogP contribution in [0.1, 0.15) is 16.1 Å². The van der Waals surface area contributed by atoms with Crippen LogP contribution in [0, 0.1) is 6.92 Å². The van der Waals surface area contributed by atoms with Gasteiger partial charge < -0.3 is 5.32 Å². The van der Waals surface area contributed by atoms with Crippen molar-refractivity contribution < 1.29 is 4.79 Å². The molecule has 1 amide bonds. The molecule has 3 aromatic rings. The minimum absolute atomic E-state index is 0.260. The molecule has 0 aliphatic heterocycles. The smallest absolute Gasteiger partial charge is 0.259 e. The van der Waals surface area contributed by atoms with Gasteiger partial charge in [0.1, 0.15) is 0 Å². The molecule has 22 heavy (non-hydrogen) atoms. The fraction of sp³-hybridized carbons (Fsp3) is 0.0667. The van der Waals surface area contributed by atoms with Crippen LogP contribution < -0.4 is 5.32 Å². The predicted octanol–water partition coefficient (Wildman–Crippen LogP) is 2.88. The number of aromatic nitrogens is 4. The first kappa shape index (κ1) is 14.2. The third-order valence-electron chi connectivity index (χ3n) is 3.11. The Morgan fingerprint density at radius 1 is 1.23 bits per heavy atom. The van der Waals surface area contributed by atoms with E-state index in [1.165, 1.54) is 6.20 Å². The minimum atomic E-state index is -0.260. The van der Waals surface area contributed by atoms with E-state index in [0.29, 0.717) is 27.8 Å². The molecule has 6 nitrogen and oxygen atoms in total. The molecule has 7 heteroatoms. The van der Waals surface area contributed by atoms with E-state index in [9.17, 15) is 4.79 Å². The number of halogens is 1. The van der Waals surface area contributed by atoms with Gasteiger partial charge in [-0.05, 0) is 31.2 Å². The lowest BCUT2D eigenvalue weighted by Gasteiger charge is -2.06. The predicted molar refractivity (Wildman–Crippen MR) is 83.3 cm³/mol. The minimum Gasteiger partial charge on any atom is -0.320 e. The van der Waals surface area contributed by atoms with Crippen molar-refractivity contribution >= 4 is 23.2 Å². The van der Waals surface area contributed by atoms with Gasteiger partial charge in [0.05, 0.1) is 34.4 Å². The zero-order chi connectivity index (χ0) is 15.5. The molecule has 0 unspecified atom stereocenters. The van der Waals surface area contributed by atoms with Crippen molar-refractivity contribution in [2.24, 2.45) is 0 Å². The second-order valence-corrected chi connectivity index (χ2v) is 4.97. The molecule has 0 saturated heterocycles. The van der Waals surface area contributed by atoms with Crippen LogP contribution >= 0.6 is 11.6 Å². The average Bonchev–Trinajstić information content (AvgIpc) is 2.90. The molecule has 3 rings (SSSR count). The van der Waals surface area contributed by atoms with E-state index in [1.807, 2.05) is 0 Å². The molecule has 110 valence electrons. The number of carbonyl (C=O) groups is 1. The number of hydrogen-bond acceptors (Lipinski definition) is 4. The number of hydrogen-bond donors (Lipinski definition) is 1. The van der Waals surface area contributed by atoms with E-state index in [2.05, 4.69) is 20.4 Å². The maximum Gasteiger partial charge on any atom is 0.259 e. The van der Waals surface area contributed by atoms with Crippen LogP contribution in [0.4, 0.5) is 5.69 Å². The second kappa shape index (κ2) is 5.95. The Hall–Kier alpha value is -2.73. The Kier molecular flexibility index (Phi) is 3.84. The molecule has 0 aromatic carbocycles. The molecule has 3 heterocycles. The van der Waals surface area contributed by atoms with Crippen LogP contribution in [0.15, 0.2) is 49.1 Å². The number of anilines is 1. The topological polar surface area (TPSA) is 72.7 Å². The summed E-state index contributed by atoms with van der Waals surface area (Å²) in [6, 6.07) is 6.97. The van der Waals surface area contributed by atoms with E-state index in [4.69, 9.17) is 11.6 Å². The summed E-state index contributed by atoms with van der Waals surface area (Å²) in [5, 5.41) is 7.44. The monoisotopic (exact) mass is 313 g/mol. The first-order chi connectivity index (χ1) is 10.7. The van der Waals surface area contributed by atoms with Crippen molar-refractivity contribution in [1.82, 2.24) is 19.7 Å². The number of pyridine rings is 2. The lowest BCUT2D eigenvalue weighted by atomic mass is 10.2. The maximum absolute atomic E-state index is 12.3. The molecule has 0 aliphatic rings. The molecule has 1 N–H and O–H groups in total. The number of nitrogens with one attached hydrogen (secondary N) is 1. The normalized spacial score (nSPS) is 10.5. The SMILES string of the molecule is Cc1c(C(=O)Nc2cccnc2)cnn1-c1ncccc1Cl. The average molecular weight is 314 g/mol. The van der Waals surface area contributed by atoms with Crippen LogP contribution in [0.25, 0.3) is 5.82 Å². The van der Waals surface area contributed by atoms with E-state index in [1.54, 1.807) is 54.5 Å². The Morgan fingerprint density at radius 3 is 2.77 bits per heavy atom. The zero-order valence-corrected chi connectivity index (χ0v) is 12.4. The lowest BCUT2D eigenvalue weighted by molar-refractivity contribution is 0.102. The Morgan fingerprint density at radius 2 is 2.05 bits per heavy atom. The Balaban J connectivity index is 1.91. The molecular weight excluding hydrogens is 302 g/mol. The molecule has 0 atom stereocenters. The molecule has 0 bridgehead atoms. The highest BCUT2D eigenvalue weighted by molar-refractivity contribution is 6.32. The standard InChI is InChI=1S/C15H12ClN5O/c1-10-12(15(22)20-11-4-2-6-17-8-11)9-19-21(10)14-13(16)5-3-7-18-14/h2-9H,1H3,(H,20,22). The first-order valence-corrected chi connectivity index (χ1v) is 6.91. The summed E-state index contributed by atoms with van der Waals surface area (Å²) in [6.45, 7) is 1.79. The Labute approximate surface area is 131 Å². The fourth-order valence-corrected chi connectivity index (χ4v) is 2.22. The van der Waals surface area contributed by atoms with Crippen LogP contribution in [0.3, 0.4) is 0 Å². The van der Waals surface area contributed by atoms with Crippen molar-refractivity contribution in [2.45, 2.75) is 6.92 Å². The van der Waals surface area contributed by atoms with Gasteiger partial charge in [-0.25, -0.2) is 9.67 Å². The highest BCUT2D eigenvalue weighted by Gasteiger charge is 2.17. The number of rotatable bonds is 3. The third kappa shape index (κ3) is 2.68. The quantitative estimate of drug-likeness (QED) is 0.807. The zero-order valence-electron chi connectivity index (χ0n) is 11.7. The van der Waals surface area contributed by atoms with E-state index in [0.717, 1.165) is 0 Å². The van der Waals surface area contributed by atoms with Crippen molar-refractivity contribution in [3.05, 3.63) is 65.3 Å². The van der Waals surface area contributed by atoms with E-state index in [-0.39, 0.29) is 5.91 Å². The molecular formula is C15H12ClN5O. The van der Waals surface area contributed by atoms with Gasteiger partial charge in [-0.1, -0.05) is 11.6 Å². The number of nitrogens with zero attached hydrogens (tertiary/aromatic N) is 4. The summed E-state index contributed by atoms with van der Waals surface area (Å²) in [5.41, 5.74) is 1.73. The van der Waals surface area contributed by atoms with Crippen molar-refractivity contribution in [3.8, 4) is 5.82 Å². The van der Waals surface area contributed by atoms with Gasteiger partial charge >= 0.3 is 0 Å². The van der Waals surface area contributed by atoms with Gasteiger partial charge in [0.15, 0.2) is 5.82 Å². The van der Waals surface area contributed by atoms with Gasteiger partial charge in [-0.3, -0.25) is 9.78 Å². The summed E-state index contributed by atoms with van der Waals surface area (Å²) in [7, 11) is 0. The van der Waals surface area contributed by atoms with Crippen molar-refractivity contribution in [3.63, 3.8) is 0 Å². The third-order valence-corrected chi connectivity index (χ3v) is 3.41. The van der Waals surface area contributed by atoms with Crippen molar-refractivity contribution in [2.75, 3.05) is 5.32 Å².